The lowest BCUT2D eigenvalue weighted by Crippen LogP contribution is -2.38. The van der Waals surface area contributed by atoms with Gasteiger partial charge in [0.15, 0.2) is 0 Å². The van der Waals surface area contributed by atoms with Gasteiger partial charge >= 0.3 is 0 Å². The van der Waals surface area contributed by atoms with E-state index in [-0.39, 0.29) is 5.91 Å². The molecule has 134 valence electrons. The van der Waals surface area contributed by atoms with Gasteiger partial charge in [0, 0.05) is 12.6 Å². The van der Waals surface area contributed by atoms with Gasteiger partial charge in [-0.3, -0.25) is 9.69 Å². The van der Waals surface area contributed by atoms with E-state index in [9.17, 15) is 4.79 Å². The predicted octanol–water partition coefficient (Wildman–Crippen LogP) is 2.93. The van der Waals surface area contributed by atoms with Crippen molar-refractivity contribution in [3.05, 3.63) is 47.6 Å². The Bertz CT molecular complexity index is 691. The van der Waals surface area contributed by atoms with Gasteiger partial charge in [-0.05, 0) is 63.9 Å². The standard InChI is InChI=1S/C19H25N3O3/c1-14-15(2)25-19(21-14)13-22-9-7-16(8-10-22)12-20-18(23)6-5-17-4-3-11-24-17/h3-6,11,16H,7-10,12-13H2,1-2H3,(H,20,23)/b6-5-. The van der Waals surface area contributed by atoms with E-state index in [1.54, 1.807) is 18.4 Å². The number of carbonyl (C=O) groups is 1. The first-order valence-corrected chi connectivity index (χ1v) is 8.75. The number of likely N-dealkylation sites (tertiary alicyclic amines) is 1. The fraction of sp³-hybridized carbons (Fsp3) is 0.474. The van der Waals surface area contributed by atoms with Crippen LogP contribution in [0.3, 0.4) is 0 Å². The van der Waals surface area contributed by atoms with E-state index >= 15 is 0 Å². The molecule has 1 aliphatic heterocycles. The van der Waals surface area contributed by atoms with Gasteiger partial charge in [-0.25, -0.2) is 4.98 Å². The van der Waals surface area contributed by atoms with Gasteiger partial charge in [0.1, 0.15) is 11.5 Å². The summed E-state index contributed by atoms with van der Waals surface area (Å²) in [6.07, 6.45) is 6.92. The third-order valence-corrected chi connectivity index (χ3v) is 4.65. The van der Waals surface area contributed by atoms with E-state index in [4.69, 9.17) is 8.83 Å². The van der Waals surface area contributed by atoms with Crippen molar-refractivity contribution in [1.29, 1.82) is 0 Å². The lowest BCUT2D eigenvalue weighted by atomic mass is 9.97. The molecule has 0 atom stereocenters. The Morgan fingerprint density at radius 1 is 1.40 bits per heavy atom. The summed E-state index contributed by atoms with van der Waals surface area (Å²) >= 11 is 0. The molecule has 6 heteroatoms. The summed E-state index contributed by atoms with van der Waals surface area (Å²) in [4.78, 5) is 18.7. The van der Waals surface area contributed by atoms with Crippen molar-refractivity contribution in [2.45, 2.75) is 33.2 Å². The maximum absolute atomic E-state index is 11.8. The van der Waals surface area contributed by atoms with Crippen molar-refractivity contribution in [2.24, 2.45) is 5.92 Å². The van der Waals surface area contributed by atoms with Crippen LogP contribution in [0.1, 0.15) is 35.9 Å². The van der Waals surface area contributed by atoms with Crippen molar-refractivity contribution in [1.82, 2.24) is 15.2 Å². The SMILES string of the molecule is Cc1nc(CN2CCC(CNC(=O)/C=C\c3ccco3)CC2)oc1C. The van der Waals surface area contributed by atoms with Gasteiger partial charge in [-0.15, -0.1) is 0 Å². The van der Waals surface area contributed by atoms with Crippen LogP contribution in [0.5, 0.6) is 0 Å². The molecule has 0 unspecified atom stereocenters. The topological polar surface area (TPSA) is 71.5 Å². The highest BCUT2D eigenvalue weighted by atomic mass is 16.4. The summed E-state index contributed by atoms with van der Waals surface area (Å²) in [5, 5.41) is 2.97. The Kier molecular flexibility index (Phi) is 5.71. The zero-order valence-electron chi connectivity index (χ0n) is 14.8. The Morgan fingerprint density at radius 2 is 2.20 bits per heavy atom. The van der Waals surface area contributed by atoms with Crippen molar-refractivity contribution in [3.63, 3.8) is 0 Å². The molecule has 0 aliphatic carbocycles. The van der Waals surface area contributed by atoms with E-state index in [1.165, 1.54) is 6.08 Å². The zero-order valence-corrected chi connectivity index (χ0v) is 14.8. The molecule has 3 rings (SSSR count). The van der Waals surface area contributed by atoms with Crippen LogP contribution in [0.25, 0.3) is 6.08 Å². The first-order chi connectivity index (χ1) is 12.1. The molecule has 0 radical (unpaired) electrons. The Labute approximate surface area is 147 Å². The average molecular weight is 343 g/mol. The fourth-order valence-corrected chi connectivity index (χ4v) is 2.99. The van der Waals surface area contributed by atoms with Crippen LogP contribution < -0.4 is 5.32 Å². The second-order valence-corrected chi connectivity index (χ2v) is 6.56. The summed E-state index contributed by atoms with van der Waals surface area (Å²) in [6, 6.07) is 3.61. The van der Waals surface area contributed by atoms with Crippen molar-refractivity contribution >= 4 is 12.0 Å². The Balaban J connectivity index is 1.37. The second-order valence-electron chi connectivity index (χ2n) is 6.56. The summed E-state index contributed by atoms with van der Waals surface area (Å²) in [5.74, 6) is 2.82. The number of hydrogen-bond donors (Lipinski definition) is 1. The lowest BCUT2D eigenvalue weighted by molar-refractivity contribution is -0.116. The summed E-state index contributed by atoms with van der Waals surface area (Å²) in [5.41, 5.74) is 0.968. The first kappa shape index (κ1) is 17.5. The molecule has 0 bridgehead atoms. The molecule has 0 aromatic carbocycles. The summed E-state index contributed by atoms with van der Waals surface area (Å²) < 4.78 is 10.8. The molecule has 1 aliphatic rings. The minimum absolute atomic E-state index is 0.0791. The highest BCUT2D eigenvalue weighted by Gasteiger charge is 2.21. The fourth-order valence-electron chi connectivity index (χ4n) is 2.99. The third-order valence-electron chi connectivity index (χ3n) is 4.65. The molecule has 2 aromatic heterocycles. The van der Waals surface area contributed by atoms with Crippen LogP contribution in [0.15, 0.2) is 33.3 Å². The molecule has 1 amide bonds. The van der Waals surface area contributed by atoms with Gasteiger partial charge in [-0.1, -0.05) is 0 Å². The molecular formula is C19H25N3O3. The van der Waals surface area contributed by atoms with Gasteiger partial charge in [-0.2, -0.15) is 0 Å². The number of nitrogens with one attached hydrogen (secondary N) is 1. The lowest BCUT2D eigenvalue weighted by Gasteiger charge is -2.31. The van der Waals surface area contributed by atoms with Crippen molar-refractivity contribution in [2.75, 3.05) is 19.6 Å². The van der Waals surface area contributed by atoms with E-state index < -0.39 is 0 Å². The molecule has 6 nitrogen and oxygen atoms in total. The largest absolute Gasteiger partial charge is 0.465 e. The number of carbonyl (C=O) groups excluding carboxylic acids is 1. The van der Waals surface area contributed by atoms with E-state index in [2.05, 4.69) is 15.2 Å². The average Bonchev–Trinajstić information content (AvgIpc) is 3.22. The third kappa shape index (κ3) is 5.06. The van der Waals surface area contributed by atoms with E-state index in [0.29, 0.717) is 18.2 Å². The molecular weight excluding hydrogens is 318 g/mol. The minimum atomic E-state index is -0.0791. The number of piperidine rings is 1. The number of hydrogen-bond acceptors (Lipinski definition) is 5. The van der Waals surface area contributed by atoms with E-state index in [1.807, 2.05) is 19.9 Å². The number of oxazole rings is 1. The highest BCUT2D eigenvalue weighted by molar-refractivity contribution is 5.91. The molecule has 25 heavy (non-hydrogen) atoms. The predicted molar refractivity (Wildman–Crippen MR) is 94.7 cm³/mol. The molecule has 1 fully saturated rings. The molecule has 0 saturated carbocycles. The van der Waals surface area contributed by atoms with Crippen LogP contribution in [-0.4, -0.2) is 35.4 Å². The van der Waals surface area contributed by atoms with Crippen molar-refractivity contribution in [3.8, 4) is 0 Å². The minimum Gasteiger partial charge on any atom is -0.465 e. The van der Waals surface area contributed by atoms with Gasteiger partial charge in [0.2, 0.25) is 11.8 Å². The van der Waals surface area contributed by atoms with E-state index in [0.717, 1.165) is 49.8 Å². The quantitative estimate of drug-likeness (QED) is 0.817. The number of aromatic nitrogens is 1. The number of amides is 1. The smallest absolute Gasteiger partial charge is 0.244 e. The molecule has 0 spiro atoms. The van der Waals surface area contributed by atoms with Crippen LogP contribution in [0.2, 0.25) is 0 Å². The van der Waals surface area contributed by atoms with Crippen LogP contribution in [-0.2, 0) is 11.3 Å². The maximum Gasteiger partial charge on any atom is 0.244 e. The molecule has 3 heterocycles. The van der Waals surface area contributed by atoms with Crippen LogP contribution >= 0.6 is 0 Å². The number of rotatable bonds is 6. The molecule has 1 N–H and O–H groups in total. The van der Waals surface area contributed by atoms with Gasteiger partial charge in [0.25, 0.3) is 0 Å². The van der Waals surface area contributed by atoms with Gasteiger partial charge in [0.05, 0.1) is 18.5 Å². The molecule has 2 aromatic rings. The zero-order chi connectivity index (χ0) is 17.6. The summed E-state index contributed by atoms with van der Waals surface area (Å²) in [6.45, 7) is 7.40. The maximum atomic E-state index is 11.8. The monoisotopic (exact) mass is 343 g/mol. The molecule has 1 saturated heterocycles. The highest BCUT2D eigenvalue weighted by Crippen LogP contribution is 2.19. The Hall–Kier alpha value is -2.34. The van der Waals surface area contributed by atoms with Crippen molar-refractivity contribution < 1.29 is 13.6 Å². The van der Waals surface area contributed by atoms with Gasteiger partial charge < -0.3 is 14.2 Å². The number of furan rings is 1. The van der Waals surface area contributed by atoms with Crippen LogP contribution in [0, 0.1) is 19.8 Å². The Morgan fingerprint density at radius 3 is 2.84 bits per heavy atom. The second kappa shape index (κ2) is 8.16. The normalized spacial score (nSPS) is 16.6. The summed E-state index contributed by atoms with van der Waals surface area (Å²) in [7, 11) is 0. The van der Waals surface area contributed by atoms with Crippen LogP contribution in [0.4, 0.5) is 0 Å². The number of nitrogens with zero attached hydrogens (tertiary/aromatic N) is 2. The first-order valence-electron chi connectivity index (χ1n) is 8.75. The number of aryl methyl sites for hydroxylation is 2.